The van der Waals surface area contributed by atoms with Crippen LogP contribution in [0.3, 0.4) is 0 Å². The number of urea groups is 1. The third-order valence-corrected chi connectivity index (χ3v) is 4.08. The van der Waals surface area contributed by atoms with Crippen LogP contribution >= 0.6 is 0 Å². The maximum atomic E-state index is 12.6. The third-order valence-electron chi connectivity index (χ3n) is 4.08. The largest absolute Gasteiger partial charge is 0.479 e. The van der Waals surface area contributed by atoms with E-state index in [2.05, 4.69) is 15.6 Å². The van der Waals surface area contributed by atoms with Gasteiger partial charge in [0, 0.05) is 0 Å². The monoisotopic (exact) mass is 398 g/mol. The Labute approximate surface area is 165 Å². The minimum atomic E-state index is -0.758. The lowest BCUT2D eigenvalue weighted by molar-refractivity contribution is -0.390. The summed E-state index contributed by atoms with van der Waals surface area (Å²) >= 11 is 0. The molecule has 0 saturated carbocycles. The Hall–Kier alpha value is -3.95. The van der Waals surface area contributed by atoms with E-state index in [0.29, 0.717) is 5.56 Å². The number of nitrogens with zero attached hydrogens (tertiary/aromatic N) is 2. The average Bonchev–Trinajstić information content (AvgIpc) is 2.72. The molecule has 10 heteroatoms. The van der Waals surface area contributed by atoms with Gasteiger partial charge in [0.2, 0.25) is 5.75 Å². The normalized spacial score (nSPS) is 15.9. The summed E-state index contributed by atoms with van der Waals surface area (Å²) in [6, 6.07) is 10.5. The van der Waals surface area contributed by atoms with E-state index < -0.39 is 28.8 Å². The number of nitrogens with one attached hydrogen (secondary N) is 2. The number of pyridine rings is 1. The molecule has 1 aromatic carbocycles. The van der Waals surface area contributed by atoms with E-state index >= 15 is 0 Å². The smallest absolute Gasteiger partial charge is 0.406 e. The standard InChI is InChI=1S/C19H18N4O6/c1-2-28-18(24)15-13(11-29-14-9-6-10-20-17(14)23(26)27)21-19(25)22-16(15)12-7-4-3-5-8-12/h3-10,16H,2,11H2,1H3,(H2,21,22,25)/t16-/m0/s1. The highest BCUT2D eigenvalue weighted by Crippen LogP contribution is 2.29. The van der Waals surface area contributed by atoms with Gasteiger partial charge >= 0.3 is 17.8 Å². The van der Waals surface area contributed by atoms with Gasteiger partial charge in [-0.15, -0.1) is 0 Å². The number of hydrogen-bond donors (Lipinski definition) is 2. The molecule has 2 aromatic rings. The lowest BCUT2D eigenvalue weighted by Gasteiger charge is -2.29. The van der Waals surface area contributed by atoms with Crippen molar-refractivity contribution in [1.29, 1.82) is 0 Å². The molecule has 0 radical (unpaired) electrons. The quantitative estimate of drug-likeness (QED) is 0.415. The van der Waals surface area contributed by atoms with E-state index in [9.17, 15) is 19.7 Å². The molecule has 2 amide bonds. The molecule has 3 rings (SSSR count). The van der Waals surface area contributed by atoms with E-state index in [1.165, 1.54) is 18.3 Å². The molecule has 1 aromatic heterocycles. The van der Waals surface area contributed by atoms with Gasteiger partial charge in [0.1, 0.15) is 12.8 Å². The first-order valence-electron chi connectivity index (χ1n) is 8.76. The summed E-state index contributed by atoms with van der Waals surface area (Å²) < 4.78 is 10.7. The first-order valence-corrected chi connectivity index (χ1v) is 8.76. The minimum absolute atomic E-state index is 0.0859. The Balaban J connectivity index is 1.98. The summed E-state index contributed by atoms with van der Waals surface area (Å²) in [5, 5.41) is 16.3. The van der Waals surface area contributed by atoms with Crippen molar-refractivity contribution in [3.8, 4) is 5.75 Å². The number of carbonyl (C=O) groups is 2. The van der Waals surface area contributed by atoms with Gasteiger partial charge in [-0.3, -0.25) is 0 Å². The van der Waals surface area contributed by atoms with Crippen molar-refractivity contribution in [2.24, 2.45) is 0 Å². The molecule has 150 valence electrons. The predicted octanol–water partition coefficient (Wildman–Crippen LogP) is 2.24. The van der Waals surface area contributed by atoms with Crippen LogP contribution in [0.15, 0.2) is 59.9 Å². The molecule has 2 heterocycles. The number of amides is 2. The molecule has 0 unspecified atom stereocenters. The summed E-state index contributed by atoms with van der Waals surface area (Å²) in [7, 11) is 0. The highest BCUT2D eigenvalue weighted by Gasteiger charge is 2.34. The predicted molar refractivity (Wildman–Crippen MR) is 101 cm³/mol. The van der Waals surface area contributed by atoms with Crippen molar-refractivity contribution in [3.63, 3.8) is 0 Å². The summed E-state index contributed by atoms with van der Waals surface area (Å²) in [5.74, 6) is -1.18. The molecule has 29 heavy (non-hydrogen) atoms. The molecule has 0 fully saturated rings. The van der Waals surface area contributed by atoms with Crippen molar-refractivity contribution in [3.05, 3.63) is 75.6 Å². The van der Waals surface area contributed by atoms with Gasteiger partial charge < -0.3 is 30.2 Å². The Morgan fingerprint density at radius 2 is 2.00 bits per heavy atom. The molecule has 10 nitrogen and oxygen atoms in total. The second-order valence-electron chi connectivity index (χ2n) is 5.93. The van der Waals surface area contributed by atoms with Crippen LogP contribution in [0, 0.1) is 10.1 Å². The van der Waals surface area contributed by atoms with E-state index in [0.717, 1.165) is 0 Å². The van der Waals surface area contributed by atoms with Crippen LogP contribution in [0.2, 0.25) is 0 Å². The van der Waals surface area contributed by atoms with Gasteiger partial charge in [-0.05, 0) is 34.5 Å². The maximum Gasteiger partial charge on any atom is 0.406 e. The zero-order chi connectivity index (χ0) is 20.8. The number of benzene rings is 1. The molecule has 0 bridgehead atoms. The van der Waals surface area contributed by atoms with Gasteiger partial charge in [-0.25, -0.2) is 9.59 Å². The first kappa shape index (κ1) is 19.8. The van der Waals surface area contributed by atoms with Crippen LogP contribution in [0.1, 0.15) is 18.5 Å². The minimum Gasteiger partial charge on any atom is -0.479 e. The second kappa shape index (κ2) is 8.83. The summed E-state index contributed by atoms with van der Waals surface area (Å²) in [4.78, 5) is 38.9. The van der Waals surface area contributed by atoms with Crippen molar-refractivity contribution < 1.29 is 24.0 Å². The van der Waals surface area contributed by atoms with Crippen LogP contribution in [0.4, 0.5) is 10.6 Å². The molecule has 0 aliphatic carbocycles. The molecular formula is C19H18N4O6. The van der Waals surface area contributed by atoms with Crippen molar-refractivity contribution in [2.75, 3.05) is 13.2 Å². The molecule has 1 aliphatic rings. The molecular weight excluding hydrogens is 380 g/mol. The van der Waals surface area contributed by atoms with E-state index in [1.807, 2.05) is 6.07 Å². The number of esters is 1. The SMILES string of the molecule is CCOC(=O)C1=C(COc2cccnc2[N+](=O)[O-])NC(=O)N[C@H]1c1ccccc1. The number of aromatic nitrogens is 1. The maximum absolute atomic E-state index is 12.6. The number of rotatable bonds is 7. The molecule has 0 spiro atoms. The fraction of sp³-hybridized carbons (Fsp3) is 0.211. The van der Waals surface area contributed by atoms with E-state index in [1.54, 1.807) is 31.2 Å². The molecule has 0 saturated heterocycles. The lowest BCUT2D eigenvalue weighted by Crippen LogP contribution is -2.47. The van der Waals surface area contributed by atoms with Crippen LogP contribution in [0.5, 0.6) is 5.75 Å². The fourth-order valence-corrected chi connectivity index (χ4v) is 2.86. The van der Waals surface area contributed by atoms with Gasteiger partial charge in [0.25, 0.3) is 0 Å². The number of hydrogen-bond acceptors (Lipinski definition) is 7. The van der Waals surface area contributed by atoms with E-state index in [4.69, 9.17) is 9.47 Å². The molecule has 1 atom stereocenters. The third kappa shape index (κ3) is 4.49. The van der Waals surface area contributed by atoms with Crippen LogP contribution < -0.4 is 15.4 Å². The topological polar surface area (TPSA) is 133 Å². The first-order chi connectivity index (χ1) is 14.0. The van der Waals surface area contributed by atoms with Crippen LogP contribution in [-0.4, -0.2) is 35.1 Å². The Bertz CT molecular complexity index is 960. The Morgan fingerprint density at radius 1 is 1.24 bits per heavy atom. The van der Waals surface area contributed by atoms with Crippen molar-refractivity contribution >= 4 is 17.8 Å². The Morgan fingerprint density at radius 3 is 2.69 bits per heavy atom. The Kier molecular flexibility index (Phi) is 6.03. The summed E-state index contributed by atoms with van der Waals surface area (Å²) in [6.45, 7) is 1.51. The highest BCUT2D eigenvalue weighted by atomic mass is 16.6. The zero-order valence-corrected chi connectivity index (χ0v) is 15.5. The number of ether oxygens (including phenoxy) is 2. The van der Waals surface area contributed by atoms with Gasteiger partial charge in [0.15, 0.2) is 0 Å². The van der Waals surface area contributed by atoms with Crippen molar-refractivity contribution in [2.45, 2.75) is 13.0 Å². The number of nitro groups is 1. The van der Waals surface area contributed by atoms with Crippen LogP contribution in [0.25, 0.3) is 0 Å². The fourth-order valence-electron chi connectivity index (χ4n) is 2.86. The average molecular weight is 398 g/mol. The lowest BCUT2D eigenvalue weighted by atomic mass is 9.95. The molecule has 2 N–H and O–H groups in total. The molecule has 1 aliphatic heterocycles. The highest BCUT2D eigenvalue weighted by molar-refractivity contribution is 5.95. The summed E-state index contributed by atoms with van der Waals surface area (Å²) in [5.41, 5.74) is 0.985. The second-order valence-corrected chi connectivity index (χ2v) is 5.93. The van der Waals surface area contributed by atoms with Gasteiger partial charge in [-0.2, -0.15) is 0 Å². The van der Waals surface area contributed by atoms with Gasteiger partial charge in [-0.1, -0.05) is 30.3 Å². The van der Waals surface area contributed by atoms with Crippen LogP contribution in [-0.2, 0) is 9.53 Å². The van der Waals surface area contributed by atoms with Gasteiger partial charge in [0.05, 0.1) is 23.9 Å². The summed E-state index contributed by atoms with van der Waals surface area (Å²) in [6.07, 6.45) is 1.27. The number of carbonyl (C=O) groups excluding carboxylic acids is 2. The van der Waals surface area contributed by atoms with Crippen molar-refractivity contribution in [1.82, 2.24) is 15.6 Å². The zero-order valence-electron chi connectivity index (χ0n) is 15.5. The van der Waals surface area contributed by atoms with E-state index in [-0.39, 0.29) is 30.2 Å².